The molecule has 0 unspecified atom stereocenters. The molecule has 3 aromatic rings. The lowest BCUT2D eigenvalue weighted by Gasteiger charge is -2.08. The van der Waals surface area contributed by atoms with Crippen molar-refractivity contribution in [3.63, 3.8) is 0 Å². The smallest absolute Gasteiger partial charge is 0.177 e. The summed E-state index contributed by atoms with van der Waals surface area (Å²) in [6, 6.07) is 16.1. The zero-order valence-electron chi connectivity index (χ0n) is 10.9. The molecular formula is C16H14ClN3. The standard InChI is InChI=1S/C16H14ClN3/c17-15-8-10-18-16(19-15)14-7-4-11-20(14)12-9-13-5-2-1-3-6-13/h1-8,10-11H,9,12H2. The van der Waals surface area contributed by atoms with E-state index in [0.29, 0.717) is 11.0 Å². The molecule has 0 saturated heterocycles. The van der Waals surface area contributed by atoms with E-state index in [1.807, 2.05) is 24.4 Å². The van der Waals surface area contributed by atoms with E-state index >= 15 is 0 Å². The quantitative estimate of drug-likeness (QED) is 0.681. The lowest BCUT2D eigenvalue weighted by atomic mass is 10.1. The van der Waals surface area contributed by atoms with Crippen LogP contribution in [0.5, 0.6) is 0 Å². The van der Waals surface area contributed by atoms with E-state index in [9.17, 15) is 0 Å². The second kappa shape index (κ2) is 5.88. The van der Waals surface area contributed by atoms with Crippen LogP contribution in [0.3, 0.4) is 0 Å². The maximum absolute atomic E-state index is 5.93. The van der Waals surface area contributed by atoms with Crippen LogP contribution < -0.4 is 0 Å². The Morgan fingerprint density at radius 3 is 2.65 bits per heavy atom. The Kier molecular flexibility index (Phi) is 3.79. The molecule has 0 amide bonds. The SMILES string of the molecule is Clc1ccnc(-c2cccn2CCc2ccccc2)n1. The molecule has 0 N–H and O–H groups in total. The van der Waals surface area contributed by atoms with E-state index in [0.717, 1.165) is 18.7 Å². The van der Waals surface area contributed by atoms with Gasteiger partial charge in [-0.25, -0.2) is 9.97 Å². The van der Waals surface area contributed by atoms with Crippen LogP contribution in [0, 0.1) is 0 Å². The lowest BCUT2D eigenvalue weighted by molar-refractivity contribution is 0.704. The van der Waals surface area contributed by atoms with Gasteiger partial charge in [0.05, 0.1) is 5.69 Å². The zero-order chi connectivity index (χ0) is 13.8. The van der Waals surface area contributed by atoms with E-state index in [2.05, 4.69) is 38.8 Å². The highest BCUT2D eigenvalue weighted by atomic mass is 35.5. The topological polar surface area (TPSA) is 30.7 Å². The van der Waals surface area contributed by atoms with Crippen LogP contribution in [0.25, 0.3) is 11.5 Å². The third-order valence-electron chi connectivity index (χ3n) is 3.16. The van der Waals surface area contributed by atoms with Gasteiger partial charge >= 0.3 is 0 Å². The van der Waals surface area contributed by atoms with E-state index in [4.69, 9.17) is 11.6 Å². The third kappa shape index (κ3) is 2.89. The third-order valence-corrected chi connectivity index (χ3v) is 3.37. The van der Waals surface area contributed by atoms with Crippen molar-refractivity contribution in [2.45, 2.75) is 13.0 Å². The molecule has 100 valence electrons. The number of rotatable bonds is 4. The average Bonchev–Trinajstić information content (AvgIpc) is 2.95. The first kappa shape index (κ1) is 12.9. The number of hydrogen-bond donors (Lipinski definition) is 0. The van der Waals surface area contributed by atoms with Gasteiger partial charge in [0.1, 0.15) is 5.15 Å². The summed E-state index contributed by atoms with van der Waals surface area (Å²) in [5.74, 6) is 0.663. The molecule has 3 nitrogen and oxygen atoms in total. The maximum atomic E-state index is 5.93. The van der Waals surface area contributed by atoms with E-state index in [1.54, 1.807) is 12.3 Å². The Morgan fingerprint density at radius 2 is 1.85 bits per heavy atom. The molecule has 1 aromatic carbocycles. The van der Waals surface area contributed by atoms with Crippen LogP contribution in [0.4, 0.5) is 0 Å². The van der Waals surface area contributed by atoms with Gasteiger partial charge in [-0.2, -0.15) is 0 Å². The summed E-state index contributed by atoms with van der Waals surface area (Å²) in [6.45, 7) is 0.891. The van der Waals surface area contributed by atoms with E-state index in [-0.39, 0.29) is 0 Å². The molecule has 0 aliphatic heterocycles. The van der Waals surface area contributed by atoms with Gasteiger partial charge < -0.3 is 4.57 Å². The van der Waals surface area contributed by atoms with Crippen LogP contribution >= 0.6 is 11.6 Å². The minimum absolute atomic E-state index is 0.464. The van der Waals surface area contributed by atoms with Crippen LogP contribution in [0.1, 0.15) is 5.56 Å². The summed E-state index contributed by atoms with van der Waals surface area (Å²) >= 11 is 5.93. The second-order valence-corrected chi connectivity index (χ2v) is 4.91. The summed E-state index contributed by atoms with van der Waals surface area (Å²) in [4.78, 5) is 8.55. The largest absolute Gasteiger partial charge is 0.345 e. The summed E-state index contributed by atoms with van der Waals surface area (Å²) in [7, 11) is 0. The normalized spacial score (nSPS) is 10.7. The highest BCUT2D eigenvalue weighted by molar-refractivity contribution is 6.29. The van der Waals surface area contributed by atoms with Crippen molar-refractivity contribution in [3.05, 3.63) is 71.6 Å². The van der Waals surface area contributed by atoms with Crippen molar-refractivity contribution in [2.24, 2.45) is 0 Å². The second-order valence-electron chi connectivity index (χ2n) is 4.53. The Bertz CT molecular complexity index is 692. The van der Waals surface area contributed by atoms with Crippen LogP contribution in [-0.4, -0.2) is 14.5 Å². The summed E-state index contributed by atoms with van der Waals surface area (Å²) in [5.41, 5.74) is 2.31. The van der Waals surface area contributed by atoms with Gasteiger partial charge in [-0.1, -0.05) is 41.9 Å². The molecule has 0 spiro atoms. The molecule has 3 rings (SSSR count). The number of aromatic nitrogens is 3. The van der Waals surface area contributed by atoms with Gasteiger partial charge in [0.15, 0.2) is 5.82 Å². The fourth-order valence-electron chi connectivity index (χ4n) is 2.17. The molecular weight excluding hydrogens is 270 g/mol. The monoisotopic (exact) mass is 283 g/mol. The number of nitrogens with zero attached hydrogens (tertiary/aromatic N) is 3. The van der Waals surface area contributed by atoms with Gasteiger partial charge in [-0.3, -0.25) is 0 Å². The molecule has 0 aliphatic carbocycles. The first-order valence-corrected chi connectivity index (χ1v) is 6.89. The minimum Gasteiger partial charge on any atom is -0.345 e. The molecule has 0 radical (unpaired) electrons. The van der Waals surface area contributed by atoms with Crippen molar-refractivity contribution >= 4 is 11.6 Å². The summed E-state index contributed by atoms with van der Waals surface area (Å²) < 4.78 is 2.15. The fraction of sp³-hybridized carbons (Fsp3) is 0.125. The number of benzene rings is 1. The van der Waals surface area contributed by atoms with Gasteiger partial charge in [0, 0.05) is 18.9 Å². The number of aryl methyl sites for hydroxylation is 2. The van der Waals surface area contributed by atoms with E-state index < -0.39 is 0 Å². The van der Waals surface area contributed by atoms with Gasteiger partial charge in [0.2, 0.25) is 0 Å². The Morgan fingerprint density at radius 1 is 1.00 bits per heavy atom. The molecule has 2 heterocycles. The van der Waals surface area contributed by atoms with Crippen molar-refractivity contribution in [2.75, 3.05) is 0 Å². The summed E-state index contributed by atoms with van der Waals surface area (Å²) in [5, 5.41) is 0.464. The van der Waals surface area contributed by atoms with E-state index in [1.165, 1.54) is 5.56 Å². The summed E-state index contributed by atoms with van der Waals surface area (Å²) in [6.07, 6.45) is 4.70. The highest BCUT2D eigenvalue weighted by Gasteiger charge is 2.07. The molecule has 0 saturated carbocycles. The highest BCUT2D eigenvalue weighted by Crippen LogP contribution is 2.18. The zero-order valence-corrected chi connectivity index (χ0v) is 11.7. The molecule has 4 heteroatoms. The Balaban J connectivity index is 1.80. The van der Waals surface area contributed by atoms with Crippen LogP contribution in [-0.2, 0) is 13.0 Å². The number of hydrogen-bond acceptors (Lipinski definition) is 2. The molecule has 0 aliphatic rings. The van der Waals surface area contributed by atoms with Crippen molar-refractivity contribution in [1.82, 2.24) is 14.5 Å². The average molecular weight is 284 g/mol. The predicted octanol–water partition coefficient (Wildman–Crippen LogP) is 3.84. The Labute approximate surface area is 122 Å². The van der Waals surface area contributed by atoms with Crippen molar-refractivity contribution < 1.29 is 0 Å². The first-order valence-electron chi connectivity index (χ1n) is 6.51. The molecule has 20 heavy (non-hydrogen) atoms. The predicted molar refractivity (Wildman–Crippen MR) is 80.6 cm³/mol. The first-order chi connectivity index (χ1) is 9.83. The van der Waals surface area contributed by atoms with Crippen LogP contribution in [0.15, 0.2) is 60.9 Å². The molecule has 0 bridgehead atoms. The number of halogens is 1. The molecule has 0 atom stereocenters. The molecule has 2 aromatic heterocycles. The van der Waals surface area contributed by atoms with Crippen LogP contribution in [0.2, 0.25) is 5.15 Å². The Hall–Kier alpha value is -2.13. The van der Waals surface area contributed by atoms with Gasteiger partial charge in [-0.05, 0) is 30.2 Å². The molecule has 0 fully saturated rings. The van der Waals surface area contributed by atoms with Gasteiger partial charge in [0.25, 0.3) is 0 Å². The fourth-order valence-corrected chi connectivity index (χ4v) is 2.30. The minimum atomic E-state index is 0.464. The van der Waals surface area contributed by atoms with Gasteiger partial charge in [-0.15, -0.1) is 0 Å². The van der Waals surface area contributed by atoms with Crippen molar-refractivity contribution in [1.29, 1.82) is 0 Å². The maximum Gasteiger partial charge on any atom is 0.177 e. The van der Waals surface area contributed by atoms with Crippen molar-refractivity contribution in [3.8, 4) is 11.5 Å². The lowest BCUT2D eigenvalue weighted by Crippen LogP contribution is -2.03.